The quantitative estimate of drug-likeness (QED) is 0.521. The summed E-state index contributed by atoms with van der Waals surface area (Å²) in [7, 11) is 0. The maximum absolute atomic E-state index is 8.47. The number of hydrogen-bond acceptors (Lipinski definition) is 2. The second-order valence-corrected chi connectivity index (χ2v) is 2.50. The van der Waals surface area contributed by atoms with Crippen LogP contribution in [-0.2, 0) is 6.42 Å². The van der Waals surface area contributed by atoms with Crippen LogP contribution >= 0.6 is 0 Å². The average Bonchev–Trinajstić information content (AvgIpc) is 2.04. The van der Waals surface area contributed by atoms with Crippen LogP contribution in [0.3, 0.4) is 0 Å². The molecule has 2 nitrogen and oxygen atoms in total. The predicted octanol–water partition coefficient (Wildman–Crippen LogP) is 2.41. The SMILES string of the molecule is CCc1c(C)cccc1OO. The van der Waals surface area contributed by atoms with Gasteiger partial charge in [0.25, 0.3) is 0 Å². The molecule has 0 unspecified atom stereocenters. The summed E-state index contributed by atoms with van der Waals surface area (Å²) in [5.41, 5.74) is 2.22. The van der Waals surface area contributed by atoms with Gasteiger partial charge in [-0.05, 0) is 25.0 Å². The van der Waals surface area contributed by atoms with E-state index in [0.29, 0.717) is 5.75 Å². The summed E-state index contributed by atoms with van der Waals surface area (Å²) < 4.78 is 0. The molecule has 0 spiro atoms. The van der Waals surface area contributed by atoms with E-state index in [1.807, 2.05) is 26.0 Å². The lowest BCUT2D eigenvalue weighted by atomic mass is 10.1. The first-order valence-electron chi connectivity index (χ1n) is 3.69. The van der Waals surface area contributed by atoms with Gasteiger partial charge < -0.3 is 4.89 Å². The van der Waals surface area contributed by atoms with E-state index in [9.17, 15) is 0 Å². The molecular weight excluding hydrogens is 140 g/mol. The normalized spacial score (nSPS) is 9.73. The van der Waals surface area contributed by atoms with Gasteiger partial charge in [-0.15, -0.1) is 0 Å². The molecular formula is C9H12O2. The average molecular weight is 152 g/mol. The van der Waals surface area contributed by atoms with Crippen molar-refractivity contribution in [2.75, 3.05) is 0 Å². The molecule has 2 heteroatoms. The van der Waals surface area contributed by atoms with Gasteiger partial charge >= 0.3 is 0 Å². The molecule has 0 heterocycles. The van der Waals surface area contributed by atoms with Crippen LogP contribution in [0, 0.1) is 6.92 Å². The second-order valence-electron chi connectivity index (χ2n) is 2.50. The molecule has 1 rings (SSSR count). The third kappa shape index (κ3) is 1.52. The molecule has 0 saturated carbocycles. The third-order valence-electron chi connectivity index (χ3n) is 1.82. The van der Waals surface area contributed by atoms with Crippen LogP contribution < -0.4 is 4.89 Å². The fourth-order valence-electron chi connectivity index (χ4n) is 1.21. The van der Waals surface area contributed by atoms with E-state index < -0.39 is 0 Å². The van der Waals surface area contributed by atoms with Crippen molar-refractivity contribution in [1.82, 2.24) is 0 Å². The molecule has 0 amide bonds. The molecule has 11 heavy (non-hydrogen) atoms. The molecule has 0 aliphatic heterocycles. The molecule has 0 atom stereocenters. The Morgan fingerprint density at radius 1 is 1.45 bits per heavy atom. The number of hydrogen-bond donors (Lipinski definition) is 1. The Balaban J connectivity index is 3.13. The zero-order valence-corrected chi connectivity index (χ0v) is 6.79. The first-order valence-corrected chi connectivity index (χ1v) is 3.69. The second kappa shape index (κ2) is 3.39. The van der Waals surface area contributed by atoms with Crippen LogP contribution in [0.4, 0.5) is 0 Å². The van der Waals surface area contributed by atoms with E-state index in [4.69, 9.17) is 5.26 Å². The van der Waals surface area contributed by atoms with Gasteiger partial charge in [0.15, 0.2) is 5.75 Å². The molecule has 0 bridgehead atoms. The lowest BCUT2D eigenvalue weighted by Gasteiger charge is -2.06. The van der Waals surface area contributed by atoms with E-state index in [1.54, 1.807) is 6.07 Å². The molecule has 0 saturated heterocycles. The summed E-state index contributed by atoms with van der Waals surface area (Å²) >= 11 is 0. The Morgan fingerprint density at radius 2 is 2.18 bits per heavy atom. The lowest BCUT2D eigenvalue weighted by Crippen LogP contribution is -1.93. The van der Waals surface area contributed by atoms with Crippen molar-refractivity contribution in [1.29, 1.82) is 0 Å². The largest absolute Gasteiger partial charge is 0.340 e. The highest BCUT2D eigenvalue weighted by Gasteiger charge is 2.03. The van der Waals surface area contributed by atoms with Crippen LogP contribution in [0.15, 0.2) is 18.2 Å². The molecule has 0 fully saturated rings. The van der Waals surface area contributed by atoms with Gasteiger partial charge in [-0.25, -0.2) is 5.26 Å². The van der Waals surface area contributed by atoms with Crippen LogP contribution in [0.25, 0.3) is 0 Å². The molecule has 0 aromatic heterocycles. The minimum absolute atomic E-state index is 0.563. The van der Waals surface area contributed by atoms with Crippen molar-refractivity contribution < 1.29 is 10.1 Å². The fourth-order valence-corrected chi connectivity index (χ4v) is 1.21. The van der Waals surface area contributed by atoms with Crippen molar-refractivity contribution >= 4 is 0 Å². The molecule has 60 valence electrons. The van der Waals surface area contributed by atoms with Gasteiger partial charge in [0.05, 0.1) is 0 Å². The fraction of sp³-hybridized carbons (Fsp3) is 0.333. The molecule has 0 radical (unpaired) electrons. The number of benzene rings is 1. The number of aryl methyl sites for hydroxylation is 1. The topological polar surface area (TPSA) is 29.5 Å². The van der Waals surface area contributed by atoms with Gasteiger partial charge in [-0.1, -0.05) is 19.1 Å². The Hall–Kier alpha value is -1.02. The van der Waals surface area contributed by atoms with E-state index in [2.05, 4.69) is 4.89 Å². The Kier molecular flexibility index (Phi) is 2.49. The Morgan fingerprint density at radius 3 is 2.64 bits per heavy atom. The van der Waals surface area contributed by atoms with Crippen LogP contribution in [0.1, 0.15) is 18.1 Å². The van der Waals surface area contributed by atoms with Gasteiger partial charge in [0.2, 0.25) is 0 Å². The van der Waals surface area contributed by atoms with Crippen molar-refractivity contribution in [2.24, 2.45) is 0 Å². The molecule has 1 aromatic carbocycles. The van der Waals surface area contributed by atoms with Gasteiger partial charge in [0.1, 0.15) is 0 Å². The maximum atomic E-state index is 8.47. The highest BCUT2D eigenvalue weighted by Crippen LogP contribution is 2.21. The van der Waals surface area contributed by atoms with Crippen LogP contribution in [0.5, 0.6) is 5.75 Å². The smallest absolute Gasteiger partial charge is 0.168 e. The van der Waals surface area contributed by atoms with E-state index in [0.717, 1.165) is 17.5 Å². The summed E-state index contributed by atoms with van der Waals surface area (Å²) in [6, 6.07) is 5.62. The highest BCUT2D eigenvalue weighted by atomic mass is 17.1. The first kappa shape index (κ1) is 8.08. The van der Waals surface area contributed by atoms with E-state index in [1.165, 1.54) is 0 Å². The zero-order chi connectivity index (χ0) is 8.27. The molecule has 1 aromatic rings. The lowest BCUT2D eigenvalue weighted by molar-refractivity contribution is -0.138. The van der Waals surface area contributed by atoms with E-state index in [-0.39, 0.29) is 0 Å². The highest BCUT2D eigenvalue weighted by molar-refractivity contribution is 5.38. The van der Waals surface area contributed by atoms with Crippen molar-refractivity contribution in [2.45, 2.75) is 20.3 Å². The summed E-state index contributed by atoms with van der Waals surface area (Å²) in [6.07, 6.45) is 0.878. The van der Waals surface area contributed by atoms with E-state index >= 15 is 0 Å². The summed E-state index contributed by atoms with van der Waals surface area (Å²) in [4.78, 5) is 4.22. The van der Waals surface area contributed by atoms with Crippen LogP contribution in [0.2, 0.25) is 0 Å². The molecule has 0 aliphatic rings. The Labute approximate surface area is 66.4 Å². The molecule has 0 aliphatic carbocycles. The minimum atomic E-state index is 0.563. The summed E-state index contributed by atoms with van der Waals surface area (Å²) in [5.74, 6) is 0.563. The van der Waals surface area contributed by atoms with Gasteiger partial charge in [0, 0.05) is 5.56 Å². The molecule has 1 N–H and O–H groups in total. The standard InChI is InChI=1S/C9H12O2/c1-3-8-7(2)5-4-6-9(8)11-10/h4-6,10H,3H2,1-2H3. The van der Waals surface area contributed by atoms with Crippen molar-refractivity contribution in [3.8, 4) is 5.75 Å². The first-order chi connectivity index (χ1) is 5.29. The number of rotatable bonds is 2. The minimum Gasteiger partial charge on any atom is -0.340 e. The monoisotopic (exact) mass is 152 g/mol. The van der Waals surface area contributed by atoms with Crippen molar-refractivity contribution in [3.63, 3.8) is 0 Å². The van der Waals surface area contributed by atoms with Gasteiger partial charge in [-0.3, -0.25) is 0 Å². The third-order valence-corrected chi connectivity index (χ3v) is 1.82. The zero-order valence-electron chi connectivity index (χ0n) is 6.79. The summed E-state index contributed by atoms with van der Waals surface area (Å²) in [5, 5.41) is 8.47. The predicted molar refractivity (Wildman–Crippen MR) is 43.8 cm³/mol. The maximum Gasteiger partial charge on any atom is 0.168 e. The van der Waals surface area contributed by atoms with Gasteiger partial charge in [-0.2, -0.15) is 0 Å². The summed E-state index contributed by atoms with van der Waals surface area (Å²) in [6.45, 7) is 4.03. The van der Waals surface area contributed by atoms with Crippen LogP contribution in [-0.4, -0.2) is 5.26 Å². The Bertz CT molecular complexity index is 243. The van der Waals surface area contributed by atoms with Crippen molar-refractivity contribution in [3.05, 3.63) is 29.3 Å².